The van der Waals surface area contributed by atoms with Gasteiger partial charge in [0.25, 0.3) is 0 Å². The smallest absolute Gasteiger partial charge is 0.219 e. The standard InChI is InChI=1S/C14H14ClNO2/c1-9-5-12(15)3-4-13(9)18-14-7-11(8-17)6-10(2)16-14/h3-7,17H,8H2,1-2H3. The van der Waals surface area contributed by atoms with Crippen LogP contribution < -0.4 is 4.74 Å². The van der Waals surface area contributed by atoms with E-state index in [2.05, 4.69) is 4.98 Å². The normalized spacial score (nSPS) is 10.4. The Labute approximate surface area is 111 Å². The fourth-order valence-electron chi connectivity index (χ4n) is 1.69. The molecule has 1 N–H and O–H groups in total. The molecule has 0 saturated carbocycles. The van der Waals surface area contributed by atoms with E-state index >= 15 is 0 Å². The molecule has 0 unspecified atom stereocenters. The molecule has 4 heteroatoms. The van der Waals surface area contributed by atoms with Crippen LogP contribution in [0.25, 0.3) is 0 Å². The van der Waals surface area contributed by atoms with Crippen LogP contribution in [0.15, 0.2) is 30.3 Å². The second-order valence-electron chi connectivity index (χ2n) is 4.13. The summed E-state index contributed by atoms with van der Waals surface area (Å²) >= 11 is 5.89. The molecule has 2 rings (SSSR count). The fourth-order valence-corrected chi connectivity index (χ4v) is 1.92. The lowest BCUT2D eigenvalue weighted by atomic mass is 10.2. The summed E-state index contributed by atoms with van der Waals surface area (Å²) in [6, 6.07) is 8.95. The SMILES string of the molecule is Cc1cc(CO)cc(Oc2ccc(Cl)cc2C)n1. The van der Waals surface area contributed by atoms with Gasteiger partial charge in [0, 0.05) is 16.8 Å². The zero-order valence-electron chi connectivity index (χ0n) is 10.3. The Morgan fingerprint density at radius 3 is 2.67 bits per heavy atom. The maximum absolute atomic E-state index is 9.14. The number of hydrogen-bond donors (Lipinski definition) is 1. The largest absolute Gasteiger partial charge is 0.439 e. The van der Waals surface area contributed by atoms with Gasteiger partial charge < -0.3 is 9.84 Å². The van der Waals surface area contributed by atoms with Gasteiger partial charge in [0.05, 0.1) is 6.61 Å². The summed E-state index contributed by atoms with van der Waals surface area (Å²) in [5, 5.41) is 9.82. The van der Waals surface area contributed by atoms with Crippen LogP contribution in [0.4, 0.5) is 0 Å². The van der Waals surface area contributed by atoms with Crippen LogP contribution in [0.2, 0.25) is 5.02 Å². The number of aliphatic hydroxyl groups is 1. The highest BCUT2D eigenvalue weighted by molar-refractivity contribution is 6.30. The average Bonchev–Trinajstić information content (AvgIpc) is 2.32. The molecule has 0 amide bonds. The minimum Gasteiger partial charge on any atom is -0.439 e. The van der Waals surface area contributed by atoms with Crippen LogP contribution in [-0.2, 0) is 6.61 Å². The van der Waals surface area contributed by atoms with Crippen molar-refractivity contribution in [1.29, 1.82) is 0 Å². The highest BCUT2D eigenvalue weighted by Gasteiger charge is 2.05. The van der Waals surface area contributed by atoms with Gasteiger partial charge in [0.1, 0.15) is 5.75 Å². The van der Waals surface area contributed by atoms with Gasteiger partial charge in [-0.05, 0) is 49.2 Å². The van der Waals surface area contributed by atoms with Gasteiger partial charge in [0.2, 0.25) is 5.88 Å². The van der Waals surface area contributed by atoms with Crippen molar-refractivity contribution in [2.24, 2.45) is 0 Å². The van der Waals surface area contributed by atoms with Gasteiger partial charge in [-0.15, -0.1) is 0 Å². The molecule has 0 radical (unpaired) electrons. The first kappa shape index (κ1) is 12.9. The maximum atomic E-state index is 9.14. The zero-order chi connectivity index (χ0) is 13.1. The van der Waals surface area contributed by atoms with Crippen LogP contribution in [0.5, 0.6) is 11.6 Å². The summed E-state index contributed by atoms with van der Waals surface area (Å²) in [7, 11) is 0. The maximum Gasteiger partial charge on any atom is 0.219 e. The van der Waals surface area contributed by atoms with Crippen LogP contribution in [-0.4, -0.2) is 10.1 Å². The van der Waals surface area contributed by atoms with E-state index in [-0.39, 0.29) is 6.61 Å². The Morgan fingerprint density at radius 1 is 1.22 bits per heavy atom. The van der Waals surface area contributed by atoms with Crippen molar-refractivity contribution in [1.82, 2.24) is 4.98 Å². The van der Waals surface area contributed by atoms with Crippen LogP contribution in [0, 0.1) is 13.8 Å². The van der Waals surface area contributed by atoms with Crippen molar-refractivity contribution in [2.45, 2.75) is 20.5 Å². The third kappa shape index (κ3) is 3.00. The second-order valence-corrected chi connectivity index (χ2v) is 4.56. The lowest BCUT2D eigenvalue weighted by molar-refractivity contribution is 0.281. The van der Waals surface area contributed by atoms with Crippen molar-refractivity contribution < 1.29 is 9.84 Å². The first-order chi connectivity index (χ1) is 8.58. The summed E-state index contributed by atoms with van der Waals surface area (Å²) in [5.74, 6) is 1.19. The topological polar surface area (TPSA) is 42.4 Å². The van der Waals surface area contributed by atoms with Gasteiger partial charge >= 0.3 is 0 Å². The molecule has 2 aromatic rings. The number of benzene rings is 1. The quantitative estimate of drug-likeness (QED) is 0.919. The van der Waals surface area contributed by atoms with E-state index < -0.39 is 0 Å². The molecule has 1 heterocycles. The highest BCUT2D eigenvalue weighted by Crippen LogP contribution is 2.26. The van der Waals surface area contributed by atoms with E-state index in [1.807, 2.05) is 26.0 Å². The fraction of sp³-hybridized carbons (Fsp3) is 0.214. The first-order valence-electron chi connectivity index (χ1n) is 5.61. The summed E-state index contributed by atoms with van der Waals surface area (Å²) in [6.07, 6.45) is 0. The summed E-state index contributed by atoms with van der Waals surface area (Å²) in [5.41, 5.74) is 2.53. The lowest BCUT2D eigenvalue weighted by Crippen LogP contribution is -1.95. The number of rotatable bonds is 3. The van der Waals surface area contributed by atoms with Crippen LogP contribution in [0.1, 0.15) is 16.8 Å². The van der Waals surface area contributed by atoms with Gasteiger partial charge in [-0.25, -0.2) is 4.98 Å². The third-order valence-corrected chi connectivity index (χ3v) is 2.76. The molecule has 94 valence electrons. The molecule has 0 saturated heterocycles. The molecule has 0 aliphatic heterocycles. The molecule has 0 aliphatic rings. The number of nitrogens with zero attached hydrogens (tertiary/aromatic N) is 1. The summed E-state index contributed by atoms with van der Waals surface area (Å²) in [4.78, 5) is 4.27. The number of aryl methyl sites for hydroxylation is 2. The highest BCUT2D eigenvalue weighted by atomic mass is 35.5. The first-order valence-corrected chi connectivity index (χ1v) is 5.98. The van der Waals surface area contributed by atoms with E-state index in [1.54, 1.807) is 18.2 Å². The van der Waals surface area contributed by atoms with Crippen molar-refractivity contribution in [3.63, 3.8) is 0 Å². The van der Waals surface area contributed by atoms with Crippen LogP contribution in [0.3, 0.4) is 0 Å². The van der Waals surface area contributed by atoms with Crippen molar-refractivity contribution in [2.75, 3.05) is 0 Å². The molecular weight excluding hydrogens is 250 g/mol. The number of ether oxygens (including phenoxy) is 1. The van der Waals surface area contributed by atoms with E-state index in [9.17, 15) is 0 Å². The van der Waals surface area contributed by atoms with E-state index in [0.717, 1.165) is 16.8 Å². The molecule has 0 bridgehead atoms. The Bertz CT molecular complexity index is 570. The Balaban J connectivity index is 2.30. The zero-order valence-corrected chi connectivity index (χ0v) is 11.0. The van der Waals surface area contributed by atoms with E-state index in [1.165, 1.54) is 0 Å². The Kier molecular flexibility index (Phi) is 3.84. The van der Waals surface area contributed by atoms with E-state index in [0.29, 0.717) is 16.7 Å². The predicted molar refractivity (Wildman–Crippen MR) is 71.2 cm³/mol. The second kappa shape index (κ2) is 5.38. The molecule has 3 nitrogen and oxygen atoms in total. The molecule has 0 spiro atoms. The average molecular weight is 264 g/mol. The number of aliphatic hydroxyl groups excluding tert-OH is 1. The number of aromatic nitrogens is 1. The van der Waals surface area contributed by atoms with Crippen LogP contribution >= 0.6 is 11.6 Å². The van der Waals surface area contributed by atoms with Gasteiger partial charge in [0.15, 0.2) is 0 Å². The van der Waals surface area contributed by atoms with Gasteiger partial charge in [-0.3, -0.25) is 0 Å². The van der Waals surface area contributed by atoms with Crippen molar-refractivity contribution >= 4 is 11.6 Å². The van der Waals surface area contributed by atoms with Crippen molar-refractivity contribution in [3.8, 4) is 11.6 Å². The minimum atomic E-state index is -0.0285. The minimum absolute atomic E-state index is 0.0285. The molecule has 0 atom stereocenters. The Morgan fingerprint density at radius 2 is 2.00 bits per heavy atom. The molecule has 1 aromatic heterocycles. The molecule has 1 aromatic carbocycles. The van der Waals surface area contributed by atoms with Gasteiger partial charge in [-0.2, -0.15) is 0 Å². The number of hydrogen-bond acceptors (Lipinski definition) is 3. The number of halogens is 1. The summed E-state index contributed by atoms with van der Waals surface area (Å²) in [6.45, 7) is 3.75. The third-order valence-electron chi connectivity index (χ3n) is 2.52. The van der Waals surface area contributed by atoms with Gasteiger partial charge in [-0.1, -0.05) is 11.6 Å². The van der Waals surface area contributed by atoms with E-state index in [4.69, 9.17) is 21.4 Å². The molecule has 18 heavy (non-hydrogen) atoms. The predicted octanol–water partition coefficient (Wildman–Crippen LogP) is 3.64. The van der Waals surface area contributed by atoms with Crippen molar-refractivity contribution in [3.05, 3.63) is 52.2 Å². The summed E-state index contributed by atoms with van der Waals surface area (Å²) < 4.78 is 5.71. The lowest BCUT2D eigenvalue weighted by Gasteiger charge is -2.09. The molecular formula is C14H14ClNO2. The number of pyridine rings is 1. The molecule has 0 fully saturated rings. The Hall–Kier alpha value is -1.58. The monoisotopic (exact) mass is 263 g/mol. The molecule has 0 aliphatic carbocycles.